The molecule has 0 radical (unpaired) electrons. The van der Waals surface area contributed by atoms with Crippen LogP contribution in [0.3, 0.4) is 0 Å². The Morgan fingerprint density at radius 1 is 0.952 bits per heavy atom. The monoisotopic (exact) mass is 298 g/mol. The molecule has 0 aliphatic rings. The van der Waals surface area contributed by atoms with E-state index in [1.807, 2.05) is 0 Å². The summed E-state index contributed by atoms with van der Waals surface area (Å²) in [5, 5.41) is 0. The molecule has 0 aromatic heterocycles. The predicted octanol–water partition coefficient (Wildman–Crippen LogP) is 1.96. The first-order valence-electron chi connectivity index (χ1n) is 6.21. The molecule has 0 aliphatic heterocycles. The molecule has 21 heavy (non-hydrogen) atoms. The summed E-state index contributed by atoms with van der Waals surface area (Å²) in [5.41, 5.74) is 0.433. The fourth-order valence-electron chi connectivity index (χ4n) is 0.842. The lowest BCUT2D eigenvalue weighted by atomic mass is 10.3. The molecule has 0 saturated heterocycles. The second-order valence-electron chi connectivity index (χ2n) is 3.72. The van der Waals surface area contributed by atoms with Crippen molar-refractivity contribution in [3.8, 4) is 0 Å². The Bertz CT molecular complexity index is 360. The average Bonchev–Trinajstić information content (AvgIpc) is 2.49. The lowest BCUT2D eigenvalue weighted by Crippen LogP contribution is -2.05. The third-order valence-electron chi connectivity index (χ3n) is 1.89. The Balaban J connectivity index is 0. The Kier molecular flexibility index (Phi) is 14.0. The number of unbranched alkanes of at least 4 members (excludes halogenated alkanes) is 1. The normalized spacial score (nSPS) is 8.48. The van der Waals surface area contributed by atoms with E-state index in [9.17, 15) is 14.4 Å². The Hall–Kier alpha value is -2.37. The van der Waals surface area contributed by atoms with E-state index in [0.29, 0.717) is 31.6 Å². The predicted molar refractivity (Wildman–Crippen MR) is 78.4 cm³/mol. The molecule has 6 heteroatoms. The molecule has 0 fully saturated rings. The van der Waals surface area contributed by atoms with Crippen molar-refractivity contribution in [3.05, 3.63) is 37.5 Å². The first-order chi connectivity index (χ1) is 9.88. The van der Waals surface area contributed by atoms with Crippen molar-refractivity contribution in [1.82, 2.24) is 0 Å². The highest BCUT2D eigenvalue weighted by Gasteiger charge is 1.97. The van der Waals surface area contributed by atoms with Gasteiger partial charge < -0.3 is 14.2 Å². The molecule has 6 nitrogen and oxygen atoms in total. The molecule has 0 atom stereocenters. The first-order valence-corrected chi connectivity index (χ1v) is 6.21. The molecule has 0 N–H and O–H groups in total. The molecule has 0 bridgehead atoms. The second-order valence-corrected chi connectivity index (χ2v) is 3.72. The van der Waals surface area contributed by atoms with Crippen molar-refractivity contribution in [3.63, 3.8) is 0 Å². The average molecular weight is 298 g/mol. The standard InChI is InChI=1S/C10H14O4.C5H8O2/c1-3-9(11)13-7-5-6-8-14-10(12)4-2;1-4(2)5(6)7-3/h3-4H,1-2,5-8H2;1H2,2-3H3. The van der Waals surface area contributed by atoms with Gasteiger partial charge in [-0.05, 0) is 19.8 Å². The van der Waals surface area contributed by atoms with E-state index in [1.54, 1.807) is 6.92 Å². The summed E-state index contributed by atoms with van der Waals surface area (Å²) in [6.07, 6.45) is 3.53. The number of hydrogen-bond acceptors (Lipinski definition) is 6. The Morgan fingerprint density at radius 2 is 1.33 bits per heavy atom. The van der Waals surface area contributed by atoms with Crippen LogP contribution in [0.5, 0.6) is 0 Å². The second kappa shape index (κ2) is 14.0. The summed E-state index contributed by atoms with van der Waals surface area (Å²) >= 11 is 0. The van der Waals surface area contributed by atoms with Gasteiger partial charge in [-0.2, -0.15) is 0 Å². The molecule has 0 aromatic rings. The highest BCUT2D eigenvalue weighted by atomic mass is 16.5. The topological polar surface area (TPSA) is 78.9 Å². The number of carbonyl (C=O) groups excluding carboxylic acids is 3. The van der Waals surface area contributed by atoms with E-state index in [2.05, 4.69) is 24.5 Å². The van der Waals surface area contributed by atoms with E-state index < -0.39 is 11.9 Å². The van der Waals surface area contributed by atoms with Crippen LogP contribution in [0.4, 0.5) is 0 Å². The molecule has 0 aliphatic carbocycles. The van der Waals surface area contributed by atoms with Crippen LogP contribution in [0.15, 0.2) is 37.5 Å². The summed E-state index contributed by atoms with van der Waals surface area (Å²) in [6, 6.07) is 0. The smallest absolute Gasteiger partial charge is 0.332 e. The number of carbonyl (C=O) groups is 3. The van der Waals surface area contributed by atoms with Gasteiger partial charge in [-0.1, -0.05) is 19.7 Å². The van der Waals surface area contributed by atoms with Crippen molar-refractivity contribution >= 4 is 17.9 Å². The van der Waals surface area contributed by atoms with E-state index in [4.69, 9.17) is 9.47 Å². The lowest BCUT2D eigenvalue weighted by molar-refractivity contribution is -0.140. The lowest BCUT2D eigenvalue weighted by Gasteiger charge is -2.02. The summed E-state index contributed by atoms with van der Waals surface area (Å²) in [7, 11) is 1.33. The zero-order valence-corrected chi connectivity index (χ0v) is 12.6. The van der Waals surface area contributed by atoms with Crippen LogP contribution in [-0.4, -0.2) is 38.2 Å². The third kappa shape index (κ3) is 15.6. The van der Waals surface area contributed by atoms with Crippen molar-refractivity contribution in [2.45, 2.75) is 19.8 Å². The van der Waals surface area contributed by atoms with Crippen LogP contribution in [0.2, 0.25) is 0 Å². The van der Waals surface area contributed by atoms with Crippen LogP contribution >= 0.6 is 0 Å². The van der Waals surface area contributed by atoms with Gasteiger partial charge in [-0.15, -0.1) is 0 Å². The number of esters is 3. The van der Waals surface area contributed by atoms with Crippen molar-refractivity contribution in [1.29, 1.82) is 0 Å². The summed E-state index contributed by atoms with van der Waals surface area (Å²) in [4.78, 5) is 31.3. The molecule has 0 unspecified atom stereocenters. The zero-order valence-electron chi connectivity index (χ0n) is 12.6. The number of ether oxygens (including phenoxy) is 3. The fraction of sp³-hybridized carbons (Fsp3) is 0.400. The molecular weight excluding hydrogens is 276 g/mol. The quantitative estimate of drug-likeness (QED) is 0.295. The molecular formula is C15H22O6. The highest BCUT2D eigenvalue weighted by molar-refractivity contribution is 5.86. The van der Waals surface area contributed by atoms with Gasteiger partial charge in [0.05, 0.1) is 20.3 Å². The van der Waals surface area contributed by atoms with E-state index in [0.717, 1.165) is 12.2 Å². The molecule has 0 amide bonds. The van der Waals surface area contributed by atoms with Crippen LogP contribution in [0.1, 0.15) is 19.8 Å². The van der Waals surface area contributed by atoms with Gasteiger partial charge in [0.25, 0.3) is 0 Å². The van der Waals surface area contributed by atoms with Crippen LogP contribution in [0, 0.1) is 0 Å². The van der Waals surface area contributed by atoms with Gasteiger partial charge in [0, 0.05) is 17.7 Å². The van der Waals surface area contributed by atoms with Gasteiger partial charge in [0.15, 0.2) is 0 Å². The van der Waals surface area contributed by atoms with Gasteiger partial charge in [-0.3, -0.25) is 0 Å². The third-order valence-corrected chi connectivity index (χ3v) is 1.89. The molecule has 0 rings (SSSR count). The molecule has 0 spiro atoms. The van der Waals surface area contributed by atoms with Crippen LogP contribution in [-0.2, 0) is 28.6 Å². The van der Waals surface area contributed by atoms with Gasteiger partial charge >= 0.3 is 17.9 Å². The molecule has 118 valence electrons. The van der Waals surface area contributed by atoms with Crippen molar-refractivity contribution in [2.75, 3.05) is 20.3 Å². The van der Waals surface area contributed by atoms with Gasteiger partial charge in [0.2, 0.25) is 0 Å². The van der Waals surface area contributed by atoms with Crippen molar-refractivity contribution < 1.29 is 28.6 Å². The van der Waals surface area contributed by atoms with E-state index in [1.165, 1.54) is 7.11 Å². The minimum absolute atomic E-state index is 0.316. The molecule has 0 aromatic carbocycles. The van der Waals surface area contributed by atoms with Crippen LogP contribution < -0.4 is 0 Å². The number of hydrogen-bond donors (Lipinski definition) is 0. The maximum Gasteiger partial charge on any atom is 0.332 e. The van der Waals surface area contributed by atoms with Crippen LogP contribution in [0.25, 0.3) is 0 Å². The van der Waals surface area contributed by atoms with Gasteiger partial charge in [-0.25, -0.2) is 14.4 Å². The maximum absolute atomic E-state index is 10.6. The maximum atomic E-state index is 10.6. The van der Waals surface area contributed by atoms with E-state index >= 15 is 0 Å². The fourth-order valence-corrected chi connectivity index (χ4v) is 0.842. The van der Waals surface area contributed by atoms with E-state index in [-0.39, 0.29) is 5.97 Å². The summed E-state index contributed by atoms with van der Waals surface area (Å²) in [6.45, 7) is 12.1. The number of methoxy groups -OCH3 is 1. The Labute approximate surface area is 125 Å². The SMILES string of the molecule is C=C(C)C(=O)OC.C=CC(=O)OCCCCOC(=O)C=C. The Morgan fingerprint density at radius 3 is 1.52 bits per heavy atom. The summed E-state index contributed by atoms with van der Waals surface area (Å²) < 4.78 is 13.7. The minimum atomic E-state index is -0.437. The first kappa shape index (κ1) is 20.9. The zero-order chi connectivity index (χ0) is 16.7. The number of rotatable bonds is 8. The minimum Gasteiger partial charge on any atom is -0.466 e. The molecule has 0 saturated carbocycles. The van der Waals surface area contributed by atoms with Crippen molar-refractivity contribution in [2.24, 2.45) is 0 Å². The largest absolute Gasteiger partial charge is 0.466 e. The highest BCUT2D eigenvalue weighted by Crippen LogP contribution is 1.93. The van der Waals surface area contributed by atoms with Gasteiger partial charge in [0.1, 0.15) is 0 Å². The molecule has 0 heterocycles. The summed E-state index contributed by atoms with van der Waals surface area (Å²) in [5.74, 6) is -1.22.